The van der Waals surface area contributed by atoms with Crippen LogP contribution in [0.1, 0.15) is 19.3 Å². The Morgan fingerprint density at radius 2 is 1.74 bits per heavy atom. The van der Waals surface area contributed by atoms with Gasteiger partial charge >= 0.3 is 0 Å². The molecule has 0 N–H and O–H groups in total. The molecule has 1 saturated heterocycles. The highest BCUT2D eigenvalue weighted by molar-refractivity contribution is 7.99. The van der Waals surface area contributed by atoms with Gasteiger partial charge in [0.15, 0.2) is 0 Å². The molecule has 0 bridgehead atoms. The Bertz CT molecular complexity index is 637. The first kappa shape index (κ1) is 16.8. The Morgan fingerprint density at radius 1 is 1.09 bits per heavy atom. The van der Waals surface area contributed by atoms with Crippen molar-refractivity contribution in [2.75, 3.05) is 31.9 Å². The van der Waals surface area contributed by atoms with Gasteiger partial charge in [0, 0.05) is 43.2 Å². The Hall–Kier alpha value is -1.05. The van der Waals surface area contributed by atoms with Crippen molar-refractivity contribution in [1.82, 2.24) is 9.21 Å². The summed E-state index contributed by atoms with van der Waals surface area (Å²) in [7, 11) is -3.10. The number of carbonyl (C=O) groups is 1. The predicted octanol–water partition coefficient (Wildman–Crippen LogP) is 1.81. The number of nitrogens with zero attached hydrogens (tertiary/aromatic N) is 2. The standard InChI is InChI=1S/C16H22N2O3S2/c19-16(8-13-22-14-4-2-1-3-5-14)17-9-11-18(12-10-17)23(20,21)15-6-7-15/h1-5,15H,6-13H2. The normalized spacial score (nSPS) is 19.7. The second kappa shape index (κ2) is 7.23. The molecule has 5 nitrogen and oxygen atoms in total. The van der Waals surface area contributed by atoms with Crippen LogP contribution in [0.25, 0.3) is 0 Å². The quantitative estimate of drug-likeness (QED) is 0.731. The van der Waals surface area contributed by atoms with E-state index in [-0.39, 0.29) is 11.2 Å². The molecule has 1 heterocycles. The number of carbonyl (C=O) groups excluding carboxylic acids is 1. The highest BCUT2D eigenvalue weighted by Gasteiger charge is 2.41. The highest BCUT2D eigenvalue weighted by Crippen LogP contribution is 2.31. The molecule has 1 aromatic rings. The summed E-state index contributed by atoms with van der Waals surface area (Å²) in [6.45, 7) is 1.91. The third-order valence-corrected chi connectivity index (χ3v) is 7.64. The van der Waals surface area contributed by atoms with E-state index < -0.39 is 10.0 Å². The summed E-state index contributed by atoms with van der Waals surface area (Å²) in [6, 6.07) is 10.0. The summed E-state index contributed by atoms with van der Waals surface area (Å²) in [6.07, 6.45) is 2.07. The third-order valence-electron chi connectivity index (χ3n) is 4.22. The molecular weight excluding hydrogens is 332 g/mol. The lowest BCUT2D eigenvalue weighted by atomic mass is 10.3. The van der Waals surface area contributed by atoms with Crippen LogP contribution >= 0.6 is 11.8 Å². The van der Waals surface area contributed by atoms with Crippen molar-refractivity contribution in [2.24, 2.45) is 0 Å². The van der Waals surface area contributed by atoms with Crippen LogP contribution in [0, 0.1) is 0 Å². The number of rotatable bonds is 6. The molecule has 2 fully saturated rings. The van der Waals surface area contributed by atoms with Gasteiger partial charge in [-0.2, -0.15) is 4.31 Å². The average molecular weight is 354 g/mol. The van der Waals surface area contributed by atoms with Crippen LogP contribution in [0.15, 0.2) is 35.2 Å². The number of benzene rings is 1. The highest BCUT2D eigenvalue weighted by atomic mass is 32.2. The van der Waals surface area contributed by atoms with E-state index in [2.05, 4.69) is 0 Å². The lowest BCUT2D eigenvalue weighted by molar-refractivity contribution is -0.131. The van der Waals surface area contributed by atoms with E-state index in [0.717, 1.165) is 18.6 Å². The lowest BCUT2D eigenvalue weighted by Crippen LogP contribution is -2.51. The minimum atomic E-state index is -3.10. The maximum atomic E-state index is 12.2. The fourth-order valence-corrected chi connectivity index (χ4v) is 5.39. The van der Waals surface area contributed by atoms with Crippen molar-refractivity contribution < 1.29 is 13.2 Å². The predicted molar refractivity (Wildman–Crippen MR) is 91.9 cm³/mol. The Labute approximate surface area is 142 Å². The largest absolute Gasteiger partial charge is 0.340 e. The molecule has 1 aliphatic carbocycles. The fourth-order valence-electron chi connectivity index (χ4n) is 2.70. The van der Waals surface area contributed by atoms with E-state index >= 15 is 0 Å². The maximum absolute atomic E-state index is 12.2. The molecule has 0 unspecified atom stereocenters. The second-order valence-electron chi connectivity index (χ2n) is 5.94. The molecule has 7 heteroatoms. The van der Waals surface area contributed by atoms with E-state index in [0.29, 0.717) is 32.6 Å². The van der Waals surface area contributed by atoms with E-state index in [1.165, 1.54) is 4.90 Å². The second-order valence-corrected chi connectivity index (χ2v) is 9.32. The van der Waals surface area contributed by atoms with Crippen molar-refractivity contribution in [3.63, 3.8) is 0 Å². The van der Waals surface area contributed by atoms with Crippen molar-refractivity contribution in [1.29, 1.82) is 0 Å². The molecule has 0 radical (unpaired) electrons. The molecule has 0 aromatic heterocycles. The van der Waals surface area contributed by atoms with Gasteiger partial charge in [-0.05, 0) is 25.0 Å². The summed E-state index contributed by atoms with van der Waals surface area (Å²) >= 11 is 1.68. The minimum Gasteiger partial charge on any atom is -0.340 e. The summed E-state index contributed by atoms with van der Waals surface area (Å²) in [5, 5.41) is -0.160. The van der Waals surface area contributed by atoms with Crippen molar-refractivity contribution in [3.8, 4) is 0 Å². The molecular formula is C16H22N2O3S2. The van der Waals surface area contributed by atoms with Gasteiger partial charge in [-0.15, -0.1) is 11.8 Å². The molecule has 0 spiro atoms. The van der Waals surface area contributed by atoms with Crippen LogP contribution < -0.4 is 0 Å². The van der Waals surface area contributed by atoms with E-state index in [4.69, 9.17) is 0 Å². The molecule has 1 saturated carbocycles. The van der Waals surface area contributed by atoms with Gasteiger partial charge in [-0.25, -0.2) is 8.42 Å². The zero-order valence-corrected chi connectivity index (χ0v) is 14.7. The number of thioether (sulfide) groups is 1. The zero-order chi connectivity index (χ0) is 16.3. The van der Waals surface area contributed by atoms with Gasteiger partial charge < -0.3 is 4.90 Å². The average Bonchev–Trinajstić information content (AvgIpc) is 3.41. The van der Waals surface area contributed by atoms with Crippen molar-refractivity contribution in [2.45, 2.75) is 29.4 Å². The molecule has 126 valence electrons. The number of piperazine rings is 1. The smallest absolute Gasteiger partial charge is 0.223 e. The van der Waals surface area contributed by atoms with Gasteiger partial charge in [-0.3, -0.25) is 4.79 Å². The molecule has 3 rings (SSSR count). The topological polar surface area (TPSA) is 57.7 Å². The number of amides is 1. The summed E-state index contributed by atoms with van der Waals surface area (Å²) in [5.41, 5.74) is 0. The third kappa shape index (κ3) is 4.28. The van der Waals surface area contributed by atoms with Crippen LogP contribution in [-0.2, 0) is 14.8 Å². The lowest BCUT2D eigenvalue weighted by Gasteiger charge is -2.34. The minimum absolute atomic E-state index is 0.122. The fraction of sp³-hybridized carbons (Fsp3) is 0.562. The number of hydrogen-bond acceptors (Lipinski definition) is 4. The van der Waals surface area contributed by atoms with Gasteiger partial charge in [0.25, 0.3) is 0 Å². The maximum Gasteiger partial charge on any atom is 0.223 e. The first-order valence-electron chi connectivity index (χ1n) is 8.02. The van der Waals surface area contributed by atoms with Crippen molar-refractivity contribution >= 4 is 27.7 Å². The van der Waals surface area contributed by atoms with Crippen molar-refractivity contribution in [3.05, 3.63) is 30.3 Å². The van der Waals surface area contributed by atoms with Crippen LogP contribution in [0.4, 0.5) is 0 Å². The molecule has 23 heavy (non-hydrogen) atoms. The Kier molecular flexibility index (Phi) is 5.28. The van der Waals surface area contributed by atoms with Crippen LogP contribution in [-0.4, -0.2) is 60.7 Å². The monoisotopic (exact) mass is 354 g/mol. The SMILES string of the molecule is O=C(CCSc1ccccc1)N1CCN(S(=O)(=O)C2CC2)CC1. The summed E-state index contributed by atoms with van der Waals surface area (Å²) < 4.78 is 25.9. The summed E-state index contributed by atoms with van der Waals surface area (Å²) in [4.78, 5) is 15.2. The van der Waals surface area contributed by atoms with E-state index in [1.54, 1.807) is 21.0 Å². The van der Waals surface area contributed by atoms with Gasteiger partial charge in [0.1, 0.15) is 0 Å². The van der Waals surface area contributed by atoms with Crippen LogP contribution in [0.3, 0.4) is 0 Å². The zero-order valence-electron chi connectivity index (χ0n) is 13.1. The number of hydrogen-bond donors (Lipinski definition) is 0. The van der Waals surface area contributed by atoms with Gasteiger partial charge in [0.05, 0.1) is 5.25 Å². The Balaban J connectivity index is 1.41. The first-order valence-corrected chi connectivity index (χ1v) is 10.5. The molecule has 1 aromatic carbocycles. The van der Waals surface area contributed by atoms with Gasteiger partial charge in [-0.1, -0.05) is 18.2 Å². The number of sulfonamides is 1. The van der Waals surface area contributed by atoms with E-state index in [1.807, 2.05) is 30.3 Å². The Morgan fingerprint density at radius 3 is 2.35 bits per heavy atom. The van der Waals surface area contributed by atoms with Crippen LogP contribution in [0.5, 0.6) is 0 Å². The van der Waals surface area contributed by atoms with E-state index in [9.17, 15) is 13.2 Å². The molecule has 1 aliphatic heterocycles. The molecule has 1 amide bonds. The molecule has 0 atom stereocenters. The summed E-state index contributed by atoms with van der Waals surface area (Å²) in [5.74, 6) is 0.876. The van der Waals surface area contributed by atoms with Crippen LogP contribution in [0.2, 0.25) is 0 Å². The molecule has 2 aliphatic rings. The first-order chi connectivity index (χ1) is 11.1. The van der Waals surface area contributed by atoms with Gasteiger partial charge in [0.2, 0.25) is 15.9 Å².